The second-order valence-electron chi connectivity index (χ2n) is 3.26. The molecule has 0 bridgehead atoms. The molecule has 3 heterocycles. The fourth-order valence-corrected chi connectivity index (χ4v) is 1.84. The molecule has 0 unspecified atom stereocenters. The number of nitrogens with two attached hydrogens (primary N) is 2. The first kappa shape index (κ1) is 39.0. The standard InChI is InChI=1S/C6H5N3S.C5H6N2.2C2H6.CH2I.CHNS.K.V/c7-6-9-4-2-1-3-8-5(4)10-6;6-5-2-1-3-7-4-5;3*1-2;2-1-3;;/h1-3H,(H2,7,9);1-4H,6H2;2*1-2H3;1H2;3H;;/q;;;;-1;;+1;/p-1. The Morgan fingerprint density at radius 2 is 1.61 bits per heavy atom. The molecule has 3 aromatic rings. The van der Waals surface area contributed by atoms with Crippen LogP contribution in [0.5, 0.6) is 0 Å². The van der Waals surface area contributed by atoms with Crippen molar-refractivity contribution in [3.05, 3.63) is 47.8 Å². The first-order chi connectivity index (χ1) is 12.7. The van der Waals surface area contributed by atoms with Crippen LogP contribution >= 0.6 is 33.9 Å². The molecule has 11 heteroatoms. The predicted octanol–water partition coefficient (Wildman–Crippen LogP) is 2.22. The summed E-state index contributed by atoms with van der Waals surface area (Å²) in [5, 5.41) is 9.05. The van der Waals surface area contributed by atoms with Gasteiger partial charge in [0.05, 0.1) is 5.69 Å². The van der Waals surface area contributed by atoms with E-state index in [0.29, 0.717) is 10.8 Å². The van der Waals surface area contributed by atoms with E-state index >= 15 is 0 Å². The van der Waals surface area contributed by atoms with Crippen molar-refractivity contribution in [1.82, 2.24) is 15.0 Å². The van der Waals surface area contributed by atoms with Crippen LogP contribution in [0.4, 0.5) is 10.8 Å². The van der Waals surface area contributed by atoms with Crippen LogP contribution in [-0.4, -0.2) is 15.0 Å². The SMILES string of the molecule is CC.CC.N#C[S-].Nc1cccnc1.Nc1nc2cccnc2s1.[CH2-]I.[K+].[V]. The Hall–Kier alpha value is 0.451. The van der Waals surface area contributed by atoms with Crippen molar-refractivity contribution in [2.24, 2.45) is 0 Å². The van der Waals surface area contributed by atoms with Crippen LogP contribution < -0.4 is 62.9 Å². The zero-order valence-electron chi connectivity index (χ0n) is 16.8. The van der Waals surface area contributed by atoms with E-state index in [1.54, 1.807) is 30.7 Å². The van der Waals surface area contributed by atoms with Gasteiger partial charge in [-0.2, -0.15) is 0 Å². The van der Waals surface area contributed by atoms with E-state index in [9.17, 15) is 0 Å². The second-order valence-corrected chi connectivity index (χ2v) is 4.45. The van der Waals surface area contributed by atoms with Crippen molar-refractivity contribution in [2.45, 2.75) is 27.7 Å². The summed E-state index contributed by atoms with van der Waals surface area (Å²) in [4.78, 5) is 16.0. The first-order valence-corrected chi connectivity index (χ1v) is 10.3. The zero-order valence-corrected chi connectivity index (χ0v) is 25.1. The fraction of sp³-hybridized carbons (Fsp3) is 0.235. The van der Waals surface area contributed by atoms with Crippen LogP contribution in [-0.2, 0) is 31.2 Å². The number of nitrogen functional groups attached to an aromatic ring is 2. The molecule has 1 radical (unpaired) electrons. The average Bonchev–Trinajstić information content (AvgIpc) is 3.08. The molecule has 0 atom stereocenters. The summed E-state index contributed by atoms with van der Waals surface area (Å²) in [7, 11) is 0. The van der Waals surface area contributed by atoms with Gasteiger partial charge in [-0.15, -0.1) is 0 Å². The van der Waals surface area contributed by atoms with E-state index in [0.717, 1.165) is 10.3 Å². The Morgan fingerprint density at radius 3 is 1.96 bits per heavy atom. The minimum Gasteiger partial charge on any atom is -0.696 e. The predicted molar refractivity (Wildman–Crippen MR) is 126 cm³/mol. The molecule has 3 rings (SSSR count). The fourth-order valence-electron chi connectivity index (χ4n) is 1.16. The van der Waals surface area contributed by atoms with Gasteiger partial charge < -0.3 is 46.7 Å². The first-order valence-electron chi connectivity index (χ1n) is 7.58. The van der Waals surface area contributed by atoms with Crippen molar-refractivity contribution in [3.63, 3.8) is 0 Å². The molecule has 6 nitrogen and oxygen atoms in total. The Morgan fingerprint density at radius 1 is 1.11 bits per heavy atom. The van der Waals surface area contributed by atoms with Crippen LogP contribution in [0.1, 0.15) is 27.7 Å². The number of nitrogens with zero attached hydrogens (tertiary/aromatic N) is 4. The third-order valence-electron chi connectivity index (χ3n) is 1.87. The number of fused-ring (bicyclic) bond motifs is 1. The quantitative estimate of drug-likeness (QED) is 0.135. The number of hydrogen-bond acceptors (Lipinski definition) is 8. The van der Waals surface area contributed by atoms with Gasteiger partial charge in [-0.25, -0.2) is 15.2 Å². The Bertz CT molecular complexity index is 666. The summed E-state index contributed by atoms with van der Waals surface area (Å²) in [6.45, 7) is 8.00. The summed E-state index contributed by atoms with van der Waals surface area (Å²) in [6, 6.07) is 7.35. The monoisotopic (exact) mass is 594 g/mol. The van der Waals surface area contributed by atoms with Crippen molar-refractivity contribution >= 4 is 67.7 Å². The van der Waals surface area contributed by atoms with E-state index in [-0.39, 0.29) is 69.9 Å². The van der Waals surface area contributed by atoms with Crippen LogP contribution in [0, 0.1) is 15.6 Å². The Labute approximate surface area is 246 Å². The number of thiocyanates is 1. The zero-order chi connectivity index (χ0) is 20.8. The number of pyridine rings is 2. The summed E-state index contributed by atoms with van der Waals surface area (Å²) in [6.07, 6.45) is 5.04. The molecule has 4 N–H and O–H groups in total. The third-order valence-corrected chi connectivity index (χ3v) is 2.68. The largest absolute Gasteiger partial charge is 1.00 e. The van der Waals surface area contributed by atoms with Gasteiger partial charge in [-0.1, -0.05) is 44.4 Å². The van der Waals surface area contributed by atoms with Gasteiger partial charge in [0.15, 0.2) is 5.13 Å². The van der Waals surface area contributed by atoms with Crippen molar-refractivity contribution in [1.29, 1.82) is 5.26 Å². The Balaban J connectivity index is -0.0000000874. The minimum atomic E-state index is 0. The number of rotatable bonds is 0. The van der Waals surface area contributed by atoms with Crippen LogP contribution in [0.2, 0.25) is 0 Å². The summed E-state index contributed by atoms with van der Waals surface area (Å²) in [5.74, 6) is 0. The molecule has 0 spiro atoms. The van der Waals surface area contributed by atoms with E-state index in [1.165, 1.54) is 16.7 Å². The van der Waals surface area contributed by atoms with Gasteiger partial charge in [0, 0.05) is 37.1 Å². The molecule has 0 aromatic carbocycles. The van der Waals surface area contributed by atoms with E-state index < -0.39 is 0 Å². The maximum absolute atomic E-state index is 7.13. The van der Waals surface area contributed by atoms with Gasteiger partial charge in [0.1, 0.15) is 10.3 Å². The molecule has 149 valence electrons. The Kier molecular flexibility index (Phi) is 44.7. The van der Waals surface area contributed by atoms with E-state index in [2.05, 4.69) is 32.5 Å². The van der Waals surface area contributed by atoms with Crippen molar-refractivity contribution < 1.29 is 69.9 Å². The number of anilines is 2. The van der Waals surface area contributed by atoms with Crippen molar-refractivity contribution in [3.8, 4) is 5.40 Å². The minimum absolute atomic E-state index is 0. The summed E-state index contributed by atoms with van der Waals surface area (Å²) >= 11 is 7.01. The number of hydrogen-bond donors (Lipinski definition) is 2. The summed E-state index contributed by atoms with van der Waals surface area (Å²) in [5.41, 5.74) is 12.3. The smallest absolute Gasteiger partial charge is 0.696 e. The molecule has 3 aromatic heterocycles. The second kappa shape index (κ2) is 32.1. The van der Waals surface area contributed by atoms with Crippen LogP contribution in [0.3, 0.4) is 0 Å². The molecular weight excluding hydrogens is 569 g/mol. The molecule has 0 fully saturated rings. The number of thiazole rings is 1. The molecule has 28 heavy (non-hydrogen) atoms. The number of halogens is 1. The third kappa shape index (κ3) is 22.7. The van der Waals surface area contributed by atoms with Gasteiger partial charge in [-0.05, 0) is 24.3 Å². The number of nitriles is 1. The van der Waals surface area contributed by atoms with Crippen LogP contribution in [0.15, 0.2) is 42.9 Å². The molecular formula is C17H25IKN6S2V-. The van der Waals surface area contributed by atoms with Gasteiger partial charge >= 0.3 is 51.4 Å². The van der Waals surface area contributed by atoms with Gasteiger partial charge in [0.2, 0.25) is 0 Å². The van der Waals surface area contributed by atoms with E-state index in [4.69, 9.17) is 16.7 Å². The normalized spacial score (nSPS) is 6.75. The maximum Gasteiger partial charge on any atom is 1.00 e. The molecule has 0 saturated carbocycles. The molecule has 0 aliphatic rings. The van der Waals surface area contributed by atoms with Crippen molar-refractivity contribution in [2.75, 3.05) is 11.5 Å². The molecule has 0 aliphatic heterocycles. The van der Waals surface area contributed by atoms with Gasteiger partial charge in [0.25, 0.3) is 0 Å². The molecule has 0 aliphatic carbocycles. The average molecular weight is 595 g/mol. The van der Waals surface area contributed by atoms with E-state index in [1.807, 2.05) is 62.4 Å². The molecule has 0 saturated heterocycles. The topological polar surface area (TPSA) is 114 Å². The van der Waals surface area contributed by atoms with Gasteiger partial charge in [-0.3, -0.25) is 9.91 Å². The van der Waals surface area contributed by atoms with Crippen LogP contribution in [0.25, 0.3) is 10.3 Å². The number of aromatic nitrogens is 3. The molecule has 0 amide bonds. The summed E-state index contributed by atoms with van der Waals surface area (Å²) < 4.78 is 0. The maximum atomic E-state index is 7.13.